The number of anilines is 1. The predicted molar refractivity (Wildman–Crippen MR) is 115 cm³/mol. The van der Waals surface area contributed by atoms with Gasteiger partial charge in [-0.3, -0.25) is 15.1 Å². The van der Waals surface area contributed by atoms with Crippen molar-refractivity contribution in [1.29, 1.82) is 0 Å². The third-order valence-corrected chi connectivity index (χ3v) is 5.61. The van der Waals surface area contributed by atoms with Gasteiger partial charge in [-0.25, -0.2) is 4.98 Å². The lowest BCUT2D eigenvalue weighted by Gasteiger charge is -2.31. The molecule has 0 atom stereocenters. The molecule has 1 aliphatic heterocycles. The first kappa shape index (κ1) is 18.0. The average molecular weight is 406 g/mol. The molecule has 0 radical (unpaired) electrons. The predicted octanol–water partition coefficient (Wildman–Crippen LogP) is 3.66. The van der Waals surface area contributed by atoms with Crippen LogP contribution < -0.4 is 10.6 Å². The summed E-state index contributed by atoms with van der Waals surface area (Å²) in [6.07, 6.45) is 7.21. The Hall–Kier alpha value is -3.03. The van der Waals surface area contributed by atoms with Crippen LogP contribution in [0.1, 0.15) is 12.8 Å². The van der Waals surface area contributed by atoms with Gasteiger partial charge in [-0.15, -0.1) is 0 Å². The molecule has 0 aliphatic carbocycles. The Labute approximate surface area is 173 Å². The topological polar surface area (TPSA) is 96.6 Å². The van der Waals surface area contributed by atoms with Crippen molar-refractivity contribution in [2.75, 3.05) is 18.0 Å². The van der Waals surface area contributed by atoms with Gasteiger partial charge in [0.25, 0.3) is 0 Å². The number of halogens is 1. The van der Waals surface area contributed by atoms with E-state index in [9.17, 15) is 0 Å². The first-order valence-corrected chi connectivity index (χ1v) is 9.99. The summed E-state index contributed by atoms with van der Waals surface area (Å²) >= 11 is 6.47. The van der Waals surface area contributed by atoms with E-state index >= 15 is 0 Å². The smallest absolute Gasteiger partial charge is 0.148 e. The zero-order valence-electron chi connectivity index (χ0n) is 15.7. The van der Waals surface area contributed by atoms with Crippen LogP contribution in [0, 0.1) is 0 Å². The number of nitrogens with zero attached hydrogens (tertiary/aromatic N) is 5. The van der Waals surface area contributed by atoms with Crippen molar-refractivity contribution in [2.24, 2.45) is 5.73 Å². The molecule has 146 valence electrons. The molecule has 4 aromatic rings. The minimum absolute atomic E-state index is 0.252. The second kappa shape index (κ2) is 7.42. The molecule has 0 bridgehead atoms. The van der Waals surface area contributed by atoms with Crippen LogP contribution in [0.3, 0.4) is 0 Å². The van der Waals surface area contributed by atoms with Crippen LogP contribution in [-0.4, -0.2) is 44.3 Å². The molecular formula is C21H20ClN7. The Morgan fingerprint density at radius 1 is 1.10 bits per heavy atom. The number of piperidine rings is 1. The first-order valence-electron chi connectivity index (χ1n) is 9.61. The van der Waals surface area contributed by atoms with Crippen LogP contribution in [0.15, 0.2) is 48.9 Å². The maximum atomic E-state index is 6.47. The van der Waals surface area contributed by atoms with E-state index in [0.717, 1.165) is 65.3 Å². The van der Waals surface area contributed by atoms with E-state index in [-0.39, 0.29) is 6.04 Å². The van der Waals surface area contributed by atoms with Gasteiger partial charge in [0, 0.05) is 42.5 Å². The molecule has 0 saturated carbocycles. The van der Waals surface area contributed by atoms with Crippen LogP contribution >= 0.6 is 11.6 Å². The summed E-state index contributed by atoms with van der Waals surface area (Å²) in [5, 5.41) is 9.16. The molecule has 29 heavy (non-hydrogen) atoms. The van der Waals surface area contributed by atoms with Gasteiger partial charge < -0.3 is 10.6 Å². The number of rotatable bonds is 3. The van der Waals surface area contributed by atoms with E-state index in [1.807, 2.05) is 30.3 Å². The van der Waals surface area contributed by atoms with E-state index in [1.165, 1.54) is 0 Å². The van der Waals surface area contributed by atoms with Crippen molar-refractivity contribution in [1.82, 2.24) is 25.1 Å². The number of aromatic amines is 1. The number of aromatic nitrogens is 5. The highest BCUT2D eigenvalue weighted by molar-refractivity contribution is 6.33. The minimum atomic E-state index is 0.252. The third-order valence-electron chi connectivity index (χ3n) is 5.31. The van der Waals surface area contributed by atoms with Crippen LogP contribution in [0.5, 0.6) is 0 Å². The maximum Gasteiger partial charge on any atom is 0.148 e. The highest BCUT2D eigenvalue weighted by Gasteiger charge is 2.21. The molecule has 0 spiro atoms. The number of hydrogen-bond donors (Lipinski definition) is 2. The second-order valence-electron chi connectivity index (χ2n) is 7.26. The molecule has 4 aromatic heterocycles. The Balaban J connectivity index is 1.56. The van der Waals surface area contributed by atoms with E-state index < -0.39 is 0 Å². The summed E-state index contributed by atoms with van der Waals surface area (Å²) in [4.78, 5) is 15.8. The zero-order chi connectivity index (χ0) is 19.8. The number of nitrogens with two attached hydrogens (primary N) is 1. The largest absolute Gasteiger partial charge is 0.355 e. The van der Waals surface area contributed by atoms with Crippen LogP contribution in [0.25, 0.3) is 33.5 Å². The lowest BCUT2D eigenvalue weighted by molar-refractivity contribution is 0.499. The Kier molecular flexibility index (Phi) is 4.61. The number of fused-ring (bicyclic) bond motifs is 1. The highest BCUT2D eigenvalue weighted by atomic mass is 35.5. The second-order valence-corrected chi connectivity index (χ2v) is 7.66. The van der Waals surface area contributed by atoms with Crippen molar-refractivity contribution in [3.8, 4) is 22.6 Å². The average Bonchev–Trinajstić information content (AvgIpc) is 3.19. The van der Waals surface area contributed by atoms with Crippen molar-refractivity contribution in [3.05, 3.63) is 53.9 Å². The third kappa shape index (κ3) is 3.43. The quantitative estimate of drug-likeness (QED) is 0.540. The van der Waals surface area contributed by atoms with Crippen LogP contribution in [0.2, 0.25) is 5.02 Å². The molecule has 3 N–H and O–H groups in total. The molecule has 1 fully saturated rings. The summed E-state index contributed by atoms with van der Waals surface area (Å²) in [5.74, 6) is 0.786. The van der Waals surface area contributed by atoms with Gasteiger partial charge in [-0.05, 0) is 43.2 Å². The Morgan fingerprint density at radius 2 is 1.97 bits per heavy atom. The number of hydrogen-bond acceptors (Lipinski definition) is 6. The summed E-state index contributed by atoms with van der Waals surface area (Å²) in [6, 6.07) is 9.94. The fourth-order valence-electron chi connectivity index (χ4n) is 3.68. The van der Waals surface area contributed by atoms with Gasteiger partial charge in [0.15, 0.2) is 0 Å². The van der Waals surface area contributed by atoms with Gasteiger partial charge in [0.2, 0.25) is 0 Å². The SMILES string of the molecule is NC1CCN(c2nc(-c3n[nH]c4cnc(-c5cccnc5)cc34)ccc2Cl)CC1. The number of pyridine rings is 3. The molecule has 0 unspecified atom stereocenters. The standard InChI is InChI=1S/C21H20ClN7/c22-16-3-4-17(26-21(16)29-8-5-14(23)6-9-29)20-15-10-18(13-2-1-7-24-11-13)25-12-19(15)27-28-20/h1-4,7,10-12,14H,5-6,8-9,23H2,(H,27,28). The molecule has 1 saturated heterocycles. The summed E-state index contributed by atoms with van der Waals surface area (Å²) in [6.45, 7) is 1.71. The number of nitrogens with one attached hydrogen (secondary N) is 1. The van der Waals surface area contributed by atoms with E-state index in [0.29, 0.717) is 5.02 Å². The molecule has 8 heteroatoms. The molecule has 0 amide bonds. The summed E-state index contributed by atoms with van der Waals surface area (Å²) < 4.78 is 0. The van der Waals surface area contributed by atoms with Crippen LogP contribution in [-0.2, 0) is 0 Å². The first-order chi connectivity index (χ1) is 14.2. The highest BCUT2D eigenvalue weighted by Crippen LogP contribution is 2.32. The van der Waals surface area contributed by atoms with E-state index in [4.69, 9.17) is 22.3 Å². The molecule has 0 aromatic carbocycles. The van der Waals surface area contributed by atoms with E-state index in [1.54, 1.807) is 18.6 Å². The molecule has 5 heterocycles. The van der Waals surface area contributed by atoms with Crippen molar-refractivity contribution < 1.29 is 0 Å². The summed E-state index contributed by atoms with van der Waals surface area (Å²) in [7, 11) is 0. The lowest BCUT2D eigenvalue weighted by Crippen LogP contribution is -2.40. The summed E-state index contributed by atoms with van der Waals surface area (Å²) in [5.41, 5.74) is 10.2. The fourth-order valence-corrected chi connectivity index (χ4v) is 3.91. The molecule has 1 aliphatic rings. The number of H-pyrrole nitrogens is 1. The Morgan fingerprint density at radius 3 is 2.76 bits per heavy atom. The van der Waals surface area contributed by atoms with Crippen LogP contribution in [0.4, 0.5) is 5.82 Å². The molecular weight excluding hydrogens is 386 g/mol. The Bertz CT molecular complexity index is 1150. The minimum Gasteiger partial charge on any atom is -0.355 e. The van der Waals surface area contributed by atoms with Crippen molar-refractivity contribution in [2.45, 2.75) is 18.9 Å². The van der Waals surface area contributed by atoms with E-state index in [2.05, 4.69) is 25.1 Å². The monoisotopic (exact) mass is 405 g/mol. The molecule has 7 nitrogen and oxygen atoms in total. The van der Waals surface area contributed by atoms with Crippen molar-refractivity contribution >= 4 is 28.3 Å². The normalized spacial score (nSPS) is 15.2. The zero-order valence-corrected chi connectivity index (χ0v) is 16.5. The molecule has 5 rings (SSSR count). The van der Waals surface area contributed by atoms with Gasteiger partial charge in [-0.1, -0.05) is 11.6 Å². The van der Waals surface area contributed by atoms with Gasteiger partial charge >= 0.3 is 0 Å². The van der Waals surface area contributed by atoms with Gasteiger partial charge in [0.05, 0.1) is 28.1 Å². The maximum absolute atomic E-state index is 6.47. The van der Waals surface area contributed by atoms with Gasteiger partial charge in [-0.2, -0.15) is 5.10 Å². The van der Waals surface area contributed by atoms with Crippen molar-refractivity contribution in [3.63, 3.8) is 0 Å². The van der Waals surface area contributed by atoms with Gasteiger partial charge in [0.1, 0.15) is 11.5 Å². The lowest BCUT2D eigenvalue weighted by atomic mass is 10.1. The fraction of sp³-hybridized carbons (Fsp3) is 0.238.